The molecule has 1 saturated carbocycles. The summed E-state index contributed by atoms with van der Waals surface area (Å²) in [6, 6.07) is 0.209. The molecule has 0 aromatic rings. The van der Waals surface area contributed by atoms with E-state index >= 15 is 0 Å². The van der Waals surface area contributed by atoms with E-state index in [1.54, 1.807) is 0 Å². The van der Waals surface area contributed by atoms with Gasteiger partial charge < -0.3 is 15.2 Å². The molecule has 0 bridgehead atoms. The third kappa shape index (κ3) is 5.96. The van der Waals surface area contributed by atoms with Crippen LogP contribution in [-0.2, 0) is 9.47 Å². The number of rotatable bonds is 4. The van der Waals surface area contributed by atoms with Gasteiger partial charge in [0.2, 0.25) is 0 Å². The molecule has 3 nitrogen and oxygen atoms in total. The van der Waals surface area contributed by atoms with Gasteiger partial charge in [0.25, 0.3) is 0 Å². The van der Waals surface area contributed by atoms with E-state index in [1.807, 2.05) is 0 Å². The van der Waals surface area contributed by atoms with E-state index in [0.717, 1.165) is 25.7 Å². The summed E-state index contributed by atoms with van der Waals surface area (Å²) in [7, 11) is 0. The zero-order chi connectivity index (χ0) is 11.3. The van der Waals surface area contributed by atoms with Gasteiger partial charge >= 0.3 is 6.18 Å². The molecule has 0 unspecified atom stereocenters. The van der Waals surface area contributed by atoms with Crippen LogP contribution in [0.3, 0.4) is 0 Å². The van der Waals surface area contributed by atoms with Crippen molar-refractivity contribution in [2.75, 3.05) is 13.4 Å². The molecular formula is C9H16F3NO2. The lowest BCUT2D eigenvalue weighted by molar-refractivity contribution is -0.204. The van der Waals surface area contributed by atoms with Gasteiger partial charge in [0.1, 0.15) is 13.4 Å². The molecule has 90 valence electrons. The highest BCUT2D eigenvalue weighted by Gasteiger charge is 2.27. The van der Waals surface area contributed by atoms with Crippen LogP contribution in [0.25, 0.3) is 0 Å². The van der Waals surface area contributed by atoms with E-state index in [1.165, 1.54) is 0 Å². The Balaban J connectivity index is 2.01. The highest BCUT2D eigenvalue weighted by Crippen LogP contribution is 2.20. The molecule has 1 aliphatic rings. The maximum Gasteiger partial charge on any atom is 0.411 e. The van der Waals surface area contributed by atoms with Crippen LogP contribution in [0.15, 0.2) is 0 Å². The lowest BCUT2D eigenvalue weighted by atomic mass is 9.94. The van der Waals surface area contributed by atoms with Crippen LogP contribution in [-0.4, -0.2) is 31.7 Å². The number of hydrogen-bond acceptors (Lipinski definition) is 3. The Kier molecular flexibility index (Phi) is 4.82. The summed E-state index contributed by atoms with van der Waals surface area (Å²) in [5.41, 5.74) is 5.67. The van der Waals surface area contributed by atoms with Gasteiger partial charge in [-0.3, -0.25) is 0 Å². The molecule has 1 rings (SSSR count). The second kappa shape index (κ2) is 5.67. The van der Waals surface area contributed by atoms with Crippen LogP contribution in [0.4, 0.5) is 13.2 Å². The summed E-state index contributed by atoms with van der Waals surface area (Å²) in [4.78, 5) is 0. The predicted molar refractivity (Wildman–Crippen MR) is 48.2 cm³/mol. The Morgan fingerprint density at radius 3 is 2.27 bits per heavy atom. The fourth-order valence-corrected chi connectivity index (χ4v) is 1.56. The molecule has 2 N–H and O–H groups in total. The average Bonchev–Trinajstić information content (AvgIpc) is 2.14. The Hall–Kier alpha value is -0.330. The normalized spacial score (nSPS) is 28.0. The van der Waals surface area contributed by atoms with Crippen molar-refractivity contribution in [2.45, 2.75) is 44.0 Å². The van der Waals surface area contributed by atoms with Crippen molar-refractivity contribution in [3.8, 4) is 0 Å². The molecule has 0 radical (unpaired) electrons. The molecule has 0 amide bonds. The van der Waals surface area contributed by atoms with E-state index < -0.39 is 12.8 Å². The Labute approximate surface area is 86.7 Å². The van der Waals surface area contributed by atoms with E-state index in [9.17, 15) is 13.2 Å². The zero-order valence-electron chi connectivity index (χ0n) is 8.43. The first kappa shape index (κ1) is 12.7. The van der Waals surface area contributed by atoms with Crippen LogP contribution in [0.2, 0.25) is 0 Å². The van der Waals surface area contributed by atoms with Crippen LogP contribution in [0, 0.1) is 0 Å². The van der Waals surface area contributed by atoms with Gasteiger partial charge in [-0.15, -0.1) is 0 Å². The zero-order valence-corrected chi connectivity index (χ0v) is 8.43. The van der Waals surface area contributed by atoms with Crippen molar-refractivity contribution in [1.82, 2.24) is 0 Å². The van der Waals surface area contributed by atoms with E-state index in [-0.39, 0.29) is 18.9 Å². The maximum absolute atomic E-state index is 11.7. The van der Waals surface area contributed by atoms with E-state index in [4.69, 9.17) is 10.5 Å². The largest absolute Gasteiger partial charge is 0.411 e. The molecule has 0 aliphatic heterocycles. The van der Waals surface area contributed by atoms with Gasteiger partial charge in [-0.05, 0) is 25.7 Å². The van der Waals surface area contributed by atoms with E-state index in [0.29, 0.717) is 0 Å². The summed E-state index contributed by atoms with van der Waals surface area (Å²) in [6.45, 7) is -1.54. The third-order valence-corrected chi connectivity index (χ3v) is 2.37. The SMILES string of the molecule is NC1CCC(OCOCC(F)(F)F)CC1. The summed E-state index contributed by atoms with van der Waals surface area (Å²) in [5, 5.41) is 0. The van der Waals surface area contributed by atoms with Crippen molar-refractivity contribution in [3.05, 3.63) is 0 Å². The third-order valence-electron chi connectivity index (χ3n) is 2.37. The van der Waals surface area contributed by atoms with Crippen molar-refractivity contribution in [2.24, 2.45) is 5.73 Å². The predicted octanol–water partition coefficient (Wildman–Crippen LogP) is 1.81. The molecule has 0 aromatic heterocycles. The number of alkyl halides is 3. The van der Waals surface area contributed by atoms with Gasteiger partial charge in [-0.25, -0.2) is 0 Å². The van der Waals surface area contributed by atoms with Crippen LogP contribution < -0.4 is 5.73 Å². The van der Waals surface area contributed by atoms with Crippen molar-refractivity contribution < 1.29 is 22.6 Å². The first-order chi connectivity index (χ1) is 6.97. The molecule has 6 heteroatoms. The number of halogens is 3. The molecule has 1 fully saturated rings. The van der Waals surface area contributed by atoms with Crippen LogP contribution >= 0.6 is 0 Å². The van der Waals surface area contributed by atoms with Crippen molar-refractivity contribution in [1.29, 1.82) is 0 Å². The fourth-order valence-electron chi connectivity index (χ4n) is 1.56. The van der Waals surface area contributed by atoms with Gasteiger partial charge in [-0.2, -0.15) is 13.2 Å². The molecule has 1 aliphatic carbocycles. The fraction of sp³-hybridized carbons (Fsp3) is 1.00. The first-order valence-corrected chi connectivity index (χ1v) is 4.99. The van der Waals surface area contributed by atoms with Crippen molar-refractivity contribution in [3.63, 3.8) is 0 Å². The molecule has 0 atom stereocenters. The Morgan fingerprint density at radius 1 is 1.13 bits per heavy atom. The number of ether oxygens (including phenoxy) is 2. The molecule has 0 spiro atoms. The second-order valence-corrected chi connectivity index (χ2v) is 3.78. The summed E-state index contributed by atoms with van der Waals surface area (Å²) in [6.07, 6.45) is -0.947. The van der Waals surface area contributed by atoms with Gasteiger partial charge in [0, 0.05) is 6.04 Å². The highest BCUT2D eigenvalue weighted by atomic mass is 19.4. The summed E-state index contributed by atoms with van der Waals surface area (Å²) < 4.78 is 44.5. The Morgan fingerprint density at radius 2 is 1.73 bits per heavy atom. The first-order valence-electron chi connectivity index (χ1n) is 4.99. The number of nitrogens with two attached hydrogens (primary N) is 1. The van der Waals surface area contributed by atoms with Crippen LogP contribution in [0.5, 0.6) is 0 Å². The van der Waals surface area contributed by atoms with Gasteiger partial charge in [0.15, 0.2) is 0 Å². The van der Waals surface area contributed by atoms with Crippen LogP contribution in [0.1, 0.15) is 25.7 Å². The minimum Gasteiger partial charge on any atom is -0.352 e. The summed E-state index contributed by atoms with van der Waals surface area (Å²) in [5.74, 6) is 0. The van der Waals surface area contributed by atoms with Gasteiger partial charge in [0.05, 0.1) is 6.10 Å². The molecule has 15 heavy (non-hydrogen) atoms. The quantitative estimate of drug-likeness (QED) is 0.588. The molecule has 0 aromatic carbocycles. The summed E-state index contributed by atoms with van der Waals surface area (Å²) >= 11 is 0. The smallest absolute Gasteiger partial charge is 0.352 e. The maximum atomic E-state index is 11.7. The van der Waals surface area contributed by atoms with Crippen molar-refractivity contribution >= 4 is 0 Å². The minimum absolute atomic E-state index is 0.00182. The highest BCUT2D eigenvalue weighted by molar-refractivity contribution is 4.74. The van der Waals surface area contributed by atoms with Gasteiger partial charge in [-0.1, -0.05) is 0 Å². The lowest BCUT2D eigenvalue weighted by Crippen LogP contribution is -2.31. The second-order valence-electron chi connectivity index (χ2n) is 3.78. The number of hydrogen-bond donors (Lipinski definition) is 1. The molecular weight excluding hydrogens is 211 g/mol. The lowest BCUT2D eigenvalue weighted by Gasteiger charge is -2.26. The molecule has 0 saturated heterocycles. The minimum atomic E-state index is -4.28. The topological polar surface area (TPSA) is 44.5 Å². The molecule has 0 heterocycles. The monoisotopic (exact) mass is 227 g/mol. The Bertz CT molecular complexity index is 179. The average molecular weight is 227 g/mol. The standard InChI is InChI=1S/C9H16F3NO2/c10-9(11,12)5-14-6-15-8-3-1-7(13)2-4-8/h7-8H,1-6,13H2. The van der Waals surface area contributed by atoms with E-state index in [2.05, 4.69) is 4.74 Å².